The van der Waals surface area contributed by atoms with E-state index in [4.69, 9.17) is 5.11 Å². The summed E-state index contributed by atoms with van der Waals surface area (Å²) < 4.78 is 0.910. The molecule has 0 radical (unpaired) electrons. The molecule has 76 valence electrons. The molecule has 1 atom stereocenters. The Labute approximate surface area is 96.7 Å². The number of hydrogen-bond donors (Lipinski definition) is 2. The monoisotopic (exact) mass is 305 g/mol. The molecule has 0 aromatic heterocycles. The topological polar surface area (TPSA) is 49.3 Å². The molecular weight excluding hydrogens is 293 g/mol. The summed E-state index contributed by atoms with van der Waals surface area (Å²) in [5.74, 6) is -0.142. The molecule has 14 heavy (non-hydrogen) atoms. The fourth-order valence-electron chi connectivity index (χ4n) is 0.993. The first-order chi connectivity index (χ1) is 6.65. The number of aliphatic hydroxyl groups is 1. The van der Waals surface area contributed by atoms with Crippen molar-refractivity contribution in [2.75, 3.05) is 6.61 Å². The minimum atomic E-state index is -0.210. The molecule has 4 heteroatoms. The number of carbonyl (C=O) groups is 1. The van der Waals surface area contributed by atoms with Crippen LogP contribution in [0.15, 0.2) is 24.3 Å². The van der Waals surface area contributed by atoms with Crippen LogP contribution in [-0.2, 0) is 0 Å². The van der Waals surface area contributed by atoms with E-state index in [9.17, 15) is 4.79 Å². The standard InChI is InChI=1S/C10H12INO2/c1-7(6-13)12-10(14)8-4-2-3-5-9(8)11/h2-5,7,13H,6H2,1H3,(H,12,14). The lowest BCUT2D eigenvalue weighted by Crippen LogP contribution is -2.35. The quantitative estimate of drug-likeness (QED) is 0.830. The number of rotatable bonds is 3. The number of nitrogens with one attached hydrogen (secondary N) is 1. The number of aliphatic hydroxyl groups excluding tert-OH is 1. The Balaban J connectivity index is 2.75. The van der Waals surface area contributed by atoms with Gasteiger partial charge in [0.1, 0.15) is 0 Å². The van der Waals surface area contributed by atoms with Gasteiger partial charge in [-0.05, 0) is 41.6 Å². The molecule has 0 aliphatic rings. The van der Waals surface area contributed by atoms with Gasteiger partial charge in [0.05, 0.1) is 12.2 Å². The second-order valence-corrected chi connectivity index (χ2v) is 4.20. The van der Waals surface area contributed by atoms with Crippen molar-refractivity contribution in [3.8, 4) is 0 Å². The average Bonchev–Trinajstić information content (AvgIpc) is 2.18. The van der Waals surface area contributed by atoms with Crippen LogP contribution in [0.1, 0.15) is 17.3 Å². The maximum Gasteiger partial charge on any atom is 0.252 e. The van der Waals surface area contributed by atoms with Gasteiger partial charge < -0.3 is 10.4 Å². The van der Waals surface area contributed by atoms with Gasteiger partial charge in [-0.2, -0.15) is 0 Å². The zero-order valence-electron chi connectivity index (χ0n) is 7.83. The van der Waals surface area contributed by atoms with Gasteiger partial charge in [0, 0.05) is 9.61 Å². The summed E-state index contributed by atoms with van der Waals surface area (Å²) in [6.45, 7) is 1.71. The van der Waals surface area contributed by atoms with Gasteiger partial charge in [0.2, 0.25) is 0 Å². The van der Waals surface area contributed by atoms with Crippen molar-refractivity contribution in [1.29, 1.82) is 0 Å². The molecule has 0 aliphatic carbocycles. The third kappa shape index (κ3) is 2.95. The van der Waals surface area contributed by atoms with Gasteiger partial charge in [-0.25, -0.2) is 0 Å². The molecule has 1 amide bonds. The summed E-state index contributed by atoms with van der Waals surface area (Å²) in [6, 6.07) is 7.13. The smallest absolute Gasteiger partial charge is 0.252 e. The van der Waals surface area contributed by atoms with Crippen molar-refractivity contribution in [1.82, 2.24) is 5.32 Å². The lowest BCUT2D eigenvalue weighted by atomic mass is 10.2. The molecule has 0 saturated heterocycles. The summed E-state index contributed by atoms with van der Waals surface area (Å²) >= 11 is 2.11. The van der Waals surface area contributed by atoms with Crippen molar-refractivity contribution in [3.63, 3.8) is 0 Å². The van der Waals surface area contributed by atoms with E-state index in [0.29, 0.717) is 5.56 Å². The zero-order chi connectivity index (χ0) is 10.6. The van der Waals surface area contributed by atoms with Crippen molar-refractivity contribution in [2.24, 2.45) is 0 Å². The van der Waals surface area contributed by atoms with E-state index in [1.807, 2.05) is 18.2 Å². The molecule has 3 nitrogen and oxygen atoms in total. The molecule has 0 aliphatic heterocycles. The van der Waals surface area contributed by atoms with Crippen LogP contribution in [0.2, 0.25) is 0 Å². The fraction of sp³-hybridized carbons (Fsp3) is 0.300. The third-order valence-electron chi connectivity index (χ3n) is 1.77. The van der Waals surface area contributed by atoms with E-state index in [0.717, 1.165) is 3.57 Å². The molecule has 0 spiro atoms. The molecule has 0 saturated carbocycles. The van der Waals surface area contributed by atoms with E-state index >= 15 is 0 Å². The number of hydrogen-bond acceptors (Lipinski definition) is 2. The Morgan fingerprint density at radius 2 is 2.21 bits per heavy atom. The van der Waals surface area contributed by atoms with Crippen molar-refractivity contribution < 1.29 is 9.90 Å². The zero-order valence-corrected chi connectivity index (χ0v) is 9.98. The highest BCUT2D eigenvalue weighted by Crippen LogP contribution is 2.11. The fourth-order valence-corrected chi connectivity index (χ4v) is 1.62. The minimum Gasteiger partial charge on any atom is -0.394 e. The first kappa shape index (κ1) is 11.5. The van der Waals surface area contributed by atoms with Gasteiger partial charge in [0.15, 0.2) is 0 Å². The largest absolute Gasteiger partial charge is 0.394 e. The highest BCUT2D eigenvalue weighted by molar-refractivity contribution is 14.1. The van der Waals surface area contributed by atoms with Gasteiger partial charge in [0.25, 0.3) is 5.91 Å². The second kappa shape index (κ2) is 5.31. The molecule has 1 unspecified atom stereocenters. The molecular formula is C10H12INO2. The van der Waals surface area contributed by atoms with Gasteiger partial charge >= 0.3 is 0 Å². The van der Waals surface area contributed by atoms with Gasteiger partial charge in [-0.15, -0.1) is 0 Å². The molecule has 1 aromatic rings. The third-order valence-corrected chi connectivity index (χ3v) is 2.71. The summed E-state index contributed by atoms with van der Waals surface area (Å²) in [4.78, 5) is 11.6. The Hall–Kier alpha value is -0.620. The van der Waals surface area contributed by atoms with Crippen molar-refractivity contribution >= 4 is 28.5 Å². The molecule has 0 fully saturated rings. The maximum atomic E-state index is 11.6. The number of halogens is 1. The van der Waals surface area contributed by atoms with Crippen LogP contribution in [0.3, 0.4) is 0 Å². The van der Waals surface area contributed by atoms with E-state index in [-0.39, 0.29) is 18.6 Å². The first-order valence-electron chi connectivity index (χ1n) is 4.31. The highest BCUT2D eigenvalue weighted by atomic mass is 127. The van der Waals surface area contributed by atoms with Crippen LogP contribution in [0.25, 0.3) is 0 Å². The maximum absolute atomic E-state index is 11.6. The Morgan fingerprint density at radius 1 is 1.57 bits per heavy atom. The molecule has 1 aromatic carbocycles. The van der Waals surface area contributed by atoms with Crippen LogP contribution in [0.4, 0.5) is 0 Å². The lowest BCUT2D eigenvalue weighted by molar-refractivity contribution is 0.0921. The molecule has 0 bridgehead atoms. The number of carbonyl (C=O) groups excluding carboxylic acids is 1. The number of benzene rings is 1. The van der Waals surface area contributed by atoms with Crippen LogP contribution in [0, 0.1) is 3.57 Å². The first-order valence-corrected chi connectivity index (χ1v) is 5.39. The molecule has 2 N–H and O–H groups in total. The van der Waals surface area contributed by atoms with Crippen LogP contribution in [0.5, 0.6) is 0 Å². The highest BCUT2D eigenvalue weighted by Gasteiger charge is 2.10. The Bertz CT molecular complexity index is 328. The van der Waals surface area contributed by atoms with Crippen LogP contribution in [-0.4, -0.2) is 23.7 Å². The Morgan fingerprint density at radius 3 is 2.79 bits per heavy atom. The predicted octanol–water partition coefficient (Wildman–Crippen LogP) is 1.40. The SMILES string of the molecule is CC(CO)NC(=O)c1ccccc1I. The Kier molecular flexibility index (Phi) is 4.34. The summed E-state index contributed by atoms with van der Waals surface area (Å²) in [7, 11) is 0. The van der Waals surface area contributed by atoms with Crippen molar-refractivity contribution in [3.05, 3.63) is 33.4 Å². The van der Waals surface area contributed by atoms with Crippen LogP contribution >= 0.6 is 22.6 Å². The van der Waals surface area contributed by atoms with E-state index in [1.54, 1.807) is 13.0 Å². The number of amides is 1. The second-order valence-electron chi connectivity index (χ2n) is 3.04. The lowest BCUT2D eigenvalue weighted by Gasteiger charge is -2.11. The summed E-state index contributed by atoms with van der Waals surface area (Å²) in [6.07, 6.45) is 0. The van der Waals surface area contributed by atoms with Gasteiger partial charge in [-0.1, -0.05) is 12.1 Å². The summed E-state index contributed by atoms with van der Waals surface area (Å²) in [5, 5.41) is 11.5. The average molecular weight is 305 g/mol. The van der Waals surface area contributed by atoms with Crippen LogP contribution < -0.4 is 5.32 Å². The summed E-state index contributed by atoms with van der Waals surface area (Å²) in [5.41, 5.74) is 0.647. The van der Waals surface area contributed by atoms with Gasteiger partial charge in [-0.3, -0.25) is 4.79 Å². The predicted molar refractivity (Wildman–Crippen MR) is 63.2 cm³/mol. The van der Waals surface area contributed by atoms with E-state index in [2.05, 4.69) is 27.9 Å². The normalized spacial score (nSPS) is 12.2. The van der Waals surface area contributed by atoms with E-state index < -0.39 is 0 Å². The minimum absolute atomic E-state index is 0.0465. The molecule has 0 heterocycles. The van der Waals surface area contributed by atoms with Crippen molar-refractivity contribution in [2.45, 2.75) is 13.0 Å². The molecule has 1 rings (SSSR count). The van der Waals surface area contributed by atoms with E-state index in [1.165, 1.54) is 0 Å².